The van der Waals surface area contributed by atoms with Gasteiger partial charge in [-0.3, -0.25) is 0 Å². The lowest BCUT2D eigenvalue weighted by Crippen LogP contribution is -2.05. The molecule has 4 heteroatoms. The maximum absolute atomic E-state index is 5.95. The number of ether oxygens (including phenoxy) is 1. The van der Waals surface area contributed by atoms with Gasteiger partial charge in [0, 0.05) is 0 Å². The van der Waals surface area contributed by atoms with Gasteiger partial charge in [0.1, 0.15) is 5.75 Å². The highest BCUT2D eigenvalue weighted by molar-refractivity contribution is 5.48. The van der Waals surface area contributed by atoms with E-state index in [0.29, 0.717) is 12.5 Å². The Morgan fingerprint density at radius 2 is 1.94 bits per heavy atom. The van der Waals surface area contributed by atoms with Crippen LogP contribution in [0.2, 0.25) is 0 Å². The molecule has 2 aromatic rings. The van der Waals surface area contributed by atoms with Crippen LogP contribution in [0.5, 0.6) is 5.75 Å². The normalized spacial score (nSPS) is 10.9. The van der Waals surface area contributed by atoms with Gasteiger partial charge in [-0.1, -0.05) is 13.8 Å². The maximum Gasteiger partial charge on any atom is 0.119 e. The smallest absolute Gasteiger partial charge is 0.119 e. The minimum absolute atomic E-state index is 0.332. The molecule has 96 valence electrons. The van der Waals surface area contributed by atoms with Crippen LogP contribution in [0.4, 0.5) is 5.69 Å². The predicted octanol–water partition coefficient (Wildman–Crippen LogP) is 2.98. The summed E-state index contributed by atoms with van der Waals surface area (Å²) in [6.45, 7) is 6.86. The summed E-state index contributed by atoms with van der Waals surface area (Å²) in [5.41, 5.74) is 8.72. The number of hydrogen-bond acceptors (Lipinski definition) is 3. The second-order valence-corrected chi connectivity index (χ2v) is 4.48. The van der Waals surface area contributed by atoms with Gasteiger partial charge in [0.25, 0.3) is 0 Å². The molecule has 0 spiro atoms. The van der Waals surface area contributed by atoms with E-state index in [1.165, 1.54) is 0 Å². The first-order valence-electron chi connectivity index (χ1n) is 6.20. The van der Waals surface area contributed by atoms with Crippen molar-refractivity contribution in [2.45, 2.75) is 26.7 Å². The molecule has 18 heavy (non-hydrogen) atoms. The van der Waals surface area contributed by atoms with Crippen LogP contribution in [0.25, 0.3) is 5.69 Å². The molecular formula is C14H19N3O. The molecule has 1 aromatic heterocycles. The molecule has 0 radical (unpaired) electrons. The predicted molar refractivity (Wildman–Crippen MR) is 73.2 cm³/mol. The van der Waals surface area contributed by atoms with E-state index in [2.05, 4.69) is 18.9 Å². The summed E-state index contributed by atoms with van der Waals surface area (Å²) in [5.74, 6) is 1.20. The fourth-order valence-electron chi connectivity index (χ4n) is 2.00. The van der Waals surface area contributed by atoms with Crippen LogP contribution in [-0.4, -0.2) is 16.4 Å². The van der Waals surface area contributed by atoms with Crippen LogP contribution in [0.1, 0.15) is 32.4 Å². The monoisotopic (exact) mass is 245 g/mol. The van der Waals surface area contributed by atoms with Crippen molar-refractivity contribution in [2.24, 2.45) is 0 Å². The molecule has 0 fully saturated rings. The second kappa shape index (κ2) is 5.12. The number of hydrogen-bond donors (Lipinski definition) is 1. The Labute approximate surface area is 107 Å². The van der Waals surface area contributed by atoms with Gasteiger partial charge >= 0.3 is 0 Å². The van der Waals surface area contributed by atoms with E-state index in [9.17, 15) is 0 Å². The van der Waals surface area contributed by atoms with Crippen LogP contribution >= 0.6 is 0 Å². The number of nitrogens with two attached hydrogens (primary N) is 1. The third-order valence-electron chi connectivity index (χ3n) is 2.78. The molecule has 2 rings (SSSR count). The van der Waals surface area contributed by atoms with Crippen molar-refractivity contribution >= 4 is 5.69 Å². The molecule has 0 saturated heterocycles. The molecular weight excluding hydrogens is 226 g/mol. The van der Waals surface area contributed by atoms with Crippen LogP contribution in [0, 0.1) is 0 Å². The summed E-state index contributed by atoms with van der Waals surface area (Å²) >= 11 is 0. The Balaban J connectivity index is 2.37. The first kappa shape index (κ1) is 12.5. The van der Waals surface area contributed by atoms with E-state index in [1.54, 1.807) is 6.20 Å². The third kappa shape index (κ3) is 2.32. The summed E-state index contributed by atoms with van der Waals surface area (Å²) in [5, 5.41) is 4.33. The zero-order valence-corrected chi connectivity index (χ0v) is 11.1. The van der Waals surface area contributed by atoms with Gasteiger partial charge in [0.15, 0.2) is 0 Å². The number of aromatic nitrogens is 2. The Morgan fingerprint density at radius 1 is 1.28 bits per heavy atom. The van der Waals surface area contributed by atoms with E-state index < -0.39 is 0 Å². The minimum Gasteiger partial charge on any atom is -0.494 e. The third-order valence-corrected chi connectivity index (χ3v) is 2.78. The van der Waals surface area contributed by atoms with Gasteiger partial charge in [-0.15, -0.1) is 0 Å². The molecule has 0 aliphatic carbocycles. The molecule has 0 atom stereocenters. The zero-order chi connectivity index (χ0) is 13.1. The van der Waals surface area contributed by atoms with Gasteiger partial charge in [0.05, 0.1) is 29.9 Å². The number of nitrogens with zero attached hydrogens (tertiary/aromatic N) is 2. The summed E-state index contributed by atoms with van der Waals surface area (Å²) in [4.78, 5) is 0. The highest BCUT2D eigenvalue weighted by atomic mass is 16.5. The highest BCUT2D eigenvalue weighted by Gasteiger charge is 2.13. The zero-order valence-electron chi connectivity index (χ0n) is 11.1. The molecule has 0 saturated carbocycles. The molecule has 0 aliphatic rings. The Morgan fingerprint density at radius 3 is 2.50 bits per heavy atom. The SMILES string of the molecule is CCOc1ccc(-n2ncc(N)c2C(C)C)cc1. The van der Waals surface area contributed by atoms with E-state index in [-0.39, 0.29) is 0 Å². The number of rotatable bonds is 4. The quantitative estimate of drug-likeness (QED) is 0.901. The molecule has 0 bridgehead atoms. The fraction of sp³-hybridized carbons (Fsp3) is 0.357. The topological polar surface area (TPSA) is 53.1 Å². The Bertz CT molecular complexity index is 514. The average molecular weight is 245 g/mol. The van der Waals surface area contributed by atoms with E-state index >= 15 is 0 Å². The van der Waals surface area contributed by atoms with E-state index in [4.69, 9.17) is 10.5 Å². The fourth-order valence-corrected chi connectivity index (χ4v) is 2.00. The first-order valence-corrected chi connectivity index (χ1v) is 6.20. The van der Waals surface area contributed by atoms with E-state index in [1.807, 2.05) is 35.9 Å². The number of anilines is 1. The average Bonchev–Trinajstić information content (AvgIpc) is 2.73. The van der Waals surface area contributed by atoms with Crippen molar-refractivity contribution in [2.75, 3.05) is 12.3 Å². The molecule has 1 heterocycles. The van der Waals surface area contributed by atoms with Crippen molar-refractivity contribution in [1.82, 2.24) is 9.78 Å². The molecule has 0 unspecified atom stereocenters. The largest absolute Gasteiger partial charge is 0.494 e. The van der Waals surface area contributed by atoms with Crippen molar-refractivity contribution in [3.05, 3.63) is 36.2 Å². The van der Waals surface area contributed by atoms with Crippen LogP contribution < -0.4 is 10.5 Å². The number of benzene rings is 1. The summed E-state index contributed by atoms with van der Waals surface area (Å²) < 4.78 is 7.31. The van der Waals surface area contributed by atoms with Gasteiger partial charge in [-0.05, 0) is 37.1 Å². The summed E-state index contributed by atoms with van der Waals surface area (Å²) in [6.07, 6.45) is 1.70. The molecule has 2 N–H and O–H groups in total. The lowest BCUT2D eigenvalue weighted by Gasteiger charge is -2.11. The van der Waals surface area contributed by atoms with Crippen LogP contribution in [0.3, 0.4) is 0 Å². The van der Waals surface area contributed by atoms with Gasteiger partial charge in [0.2, 0.25) is 0 Å². The molecule has 0 aliphatic heterocycles. The highest BCUT2D eigenvalue weighted by Crippen LogP contribution is 2.25. The standard InChI is InChI=1S/C14H19N3O/c1-4-18-12-7-5-11(6-8-12)17-14(10(2)3)13(15)9-16-17/h5-10H,4,15H2,1-3H3. The second-order valence-electron chi connectivity index (χ2n) is 4.48. The van der Waals surface area contributed by atoms with Crippen LogP contribution in [-0.2, 0) is 0 Å². The number of nitrogen functional groups attached to an aromatic ring is 1. The summed E-state index contributed by atoms with van der Waals surface area (Å²) in [6, 6.07) is 7.87. The van der Waals surface area contributed by atoms with Crippen molar-refractivity contribution < 1.29 is 4.74 Å². The lowest BCUT2D eigenvalue weighted by molar-refractivity contribution is 0.340. The molecule has 0 amide bonds. The van der Waals surface area contributed by atoms with Crippen molar-refractivity contribution in [1.29, 1.82) is 0 Å². The molecule has 1 aromatic carbocycles. The minimum atomic E-state index is 0.332. The van der Waals surface area contributed by atoms with Crippen molar-refractivity contribution in [3.63, 3.8) is 0 Å². The lowest BCUT2D eigenvalue weighted by atomic mass is 10.1. The van der Waals surface area contributed by atoms with Gasteiger partial charge < -0.3 is 10.5 Å². The first-order chi connectivity index (χ1) is 8.63. The Kier molecular flexibility index (Phi) is 3.55. The van der Waals surface area contributed by atoms with Gasteiger partial charge in [-0.2, -0.15) is 5.10 Å². The summed E-state index contributed by atoms with van der Waals surface area (Å²) in [7, 11) is 0. The Hall–Kier alpha value is -1.97. The van der Waals surface area contributed by atoms with Gasteiger partial charge in [-0.25, -0.2) is 4.68 Å². The maximum atomic E-state index is 5.95. The molecule has 4 nitrogen and oxygen atoms in total. The van der Waals surface area contributed by atoms with E-state index in [0.717, 1.165) is 22.8 Å². The van der Waals surface area contributed by atoms with Crippen molar-refractivity contribution in [3.8, 4) is 11.4 Å². The van der Waals surface area contributed by atoms with Crippen LogP contribution in [0.15, 0.2) is 30.5 Å².